The van der Waals surface area contributed by atoms with Crippen molar-refractivity contribution in [2.45, 2.75) is 20.1 Å². The van der Waals surface area contributed by atoms with Crippen molar-refractivity contribution in [1.29, 1.82) is 0 Å². The molecule has 0 bridgehead atoms. The Labute approximate surface area is 139 Å². The van der Waals surface area contributed by atoms with Gasteiger partial charge in [0.25, 0.3) is 0 Å². The first-order chi connectivity index (χ1) is 11.2. The molecule has 0 aliphatic rings. The Bertz CT molecular complexity index is 809. The number of nitrogens with one attached hydrogen (secondary N) is 2. The van der Waals surface area contributed by atoms with Crippen molar-refractivity contribution in [3.63, 3.8) is 0 Å². The Morgan fingerprint density at radius 2 is 1.83 bits per heavy atom. The van der Waals surface area contributed by atoms with Gasteiger partial charge in [0.1, 0.15) is 18.2 Å². The number of aromatic nitrogens is 3. The smallest absolute Gasteiger partial charge is 0.214 e. The zero-order valence-electron chi connectivity index (χ0n) is 12.8. The third kappa shape index (κ3) is 3.98. The van der Waals surface area contributed by atoms with E-state index < -0.39 is 0 Å². The van der Waals surface area contributed by atoms with E-state index in [1.54, 1.807) is 4.68 Å². The minimum atomic E-state index is 0.560. The lowest BCUT2D eigenvalue weighted by Crippen LogP contribution is -2.15. The van der Waals surface area contributed by atoms with E-state index in [-0.39, 0.29) is 0 Å². The number of ether oxygens (including phenoxy) is 1. The van der Waals surface area contributed by atoms with Gasteiger partial charge >= 0.3 is 0 Å². The van der Waals surface area contributed by atoms with Gasteiger partial charge in [-0.15, -0.1) is 0 Å². The average molecular weight is 326 g/mol. The molecule has 0 fully saturated rings. The van der Waals surface area contributed by atoms with Crippen LogP contribution < -0.4 is 10.2 Å². The highest BCUT2D eigenvalue weighted by Gasteiger charge is 2.01. The number of benzene rings is 2. The fourth-order valence-electron chi connectivity index (χ4n) is 2.18. The molecule has 0 aliphatic carbocycles. The molecular formula is C17H18N4OS. The first-order valence-corrected chi connectivity index (χ1v) is 7.77. The molecule has 1 aromatic heterocycles. The van der Waals surface area contributed by atoms with Gasteiger partial charge in [0.05, 0.1) is 6.54 Å². The van der Waals surface area contributed by atoms with Gasteiger partial charge in [0.2, 0.25) is 4.77 Å². The van der Waals surface area contributed by atoms with Crippen LogP contribution in [0.1, 0.15) is 17.0 Å². The van der Waals surface area contributed by atoms with E-state index in [1.807, 2.05) is 49.4 Å². The maximum atomic E-state index is 5.78. The van der Waals surface area contributed by atoms with E-state index in [1.165, 1.54) is 0 Å². The zero-order valence-corrected chi connectivity index (χ0v) is 13.6. The van der Waals surface area contributed by atoms with E-state index in [4.69, 9.17) is 17.0 Å². The summed E-state index contributed by atoms with van der Waals surface area (Å²) in [6.07, 6.45) is 0. The predicted molar refractivity (Wildman–Crippen MR) is 92.4 cm³/mol. The predicted octanol–water partition coefficient (Wildman–Crippen LogP) is 3.57. The van der Waals surface area contributed by atoms with Crippen molar-refractivity contribution in [3.8, 4) is 5.75 Å². The fourth-order valence-corrected chi connectivity index (χ4v) is 2.42. The topological polar surface area (TPSA) is 54.9 Å². The Kier molecular flexibility index (Phi) is 4.73. The largest absolute Gasteiger partial charge is 0.489 e. The Balaban J connectivity index is 1.56. The molecule has 5 nitrogen and oxygen atoms in total. The summed E-state index contributed by atoms with van der Waals surface area (Å²) in [7, 11) is 0. The van der Waals surface area contributed by atoms with Crippen molar-refractivity contribution in [2.24, 2.45) is 0 Å². The molecule has 1 heterocycles. The van der Waals surface area contributed by atoms with Gasteiger partial charge < -0.3 is 10.2 Å². The van der Waals surface area contributed by atoms with Crippen molar-refractivity contribution in [3.05, 3.63) is 76.3 Å². The van der Waals surface area contributed by atoms with Gasteiger partial charge in [-0.1, -0.05) is 42.5 Å². The SMILES string of the molecule is Cc1n[nH]c(=S)n1NCc1ccc(OCc2ccccc2)cc1. The van der Waals surface area contributed by atoms with E-state index in [9.17, 15) is 0 Å². The highest BCUT2D eigenvalue weighted by atomic mass is 32.1. The van der Waals surface area contributed by atoms with E-state index >= 15 is 0 Å². The van der Waals surface area contributed by atoms with Crippen LogP contribution >= 0.6 is 12.2 Å². The lowest BCUT2D eigenvalue weighted by atomic mass is 10.2. The molecule has 118 valence electrons. The van der Waals surface area contributed by atoms with Crippen LogP contribution in [0, 0.1) is 11.7 Å². The second kappa shape index (κ2) is 7.11. The third-order valence-electron chi connectivity index (χ3n) is 3.45. The van der Waals surface area contributed by atoms with E-state index in [0.29, 0.717) is 17.9 Å². The molecule has 0 spiro atoms. The van der Waals surface area contributed by atoms with Crippen LogP contribution in [0.4, 0.5) is 0 Å². The van der Waals surface area contributed by atoms with Crippen molar-refractivity contribution >= 4 is 12.2 Å². The Morgan fingerprint density at radius 3 is 2.48 bits per heavy atom. The van der Waals surface area contributed by atoms with Crippen LogP contribution in [0.2, 0.25) is 0 Å². The Hall–Kier alpha value is -2.60. The van der Waals surface area contributed by atoms with E-state index in [2.05, 4.69) is 27.8 Å². The zero-order chi connectivity index (χ0) is 16.1. The highest BCUT2D eigenvalue weighted by Crippen LogP contribution is 2.14. The quantitative estimate of drug-likeness (QED) is 0.680. The Morgan fingerprint density at radius 1 is 1.09 bits per heavy atom. The number of aryl methyl sites for hydroxylation is 1. The number of aromatic amines is 1. The highest BCUT2D eigenvalue weighted by molar-refractivity contribution is 7.71. The van der Waals surface area contributed by atoms with Crippen LogP contribution in [-0.2, 0) is 13.2 Å². The van der Waals surface area contributed by atoms with Crippen LogP contribution in [0.3, 0.4) is 0 Å². The fraction of sp³-hybridized carbons (Fsp3) is 0.176. The number of hydrogen-bond acceptors (Lipinski definition) is 4. The molecule has 2 N–H and O–H groups in total. The molecule has 3 aromatic rings. The molecule has 0 amide bonds. The second-order valence-electron chi connectivity index (χ2n) is 5.16. The minimum absolute atomic E-state index is 0.560. The lowest BCUT2D eigenvalue weighted by Gasteiger charge is -2.10. The van der Waals surface area contributed by atoms with Crippen LogP contribution in [0.25, 0.3) is 0 Å². The lowest BCUT2D eigenvalue weighted by molar-refractivity contribution is 0.306. The molecule has 0 atom stereocenters. The van der Waals surface area contributed by atoms with Crippen molar-refractivity contribution in [1.82, 2.24) is 14.9 Å². The normalized spacial score (nSPS) is 10.5. The minimum Gasteiger partial charge on any atom is -0.489 e. The van der Waals surface area contributed by atoms with Gasteiger partial charge in [0.15, 0.2) is 0 Å². The molecule has 3 rings (SSSR count). The summed E-state index contributed by atoms with van der Waals surface area (Å²) in [4.78, 5) is 0. The van der Waals surface area contributed by atoms with Crippen LogP contribution in [-0.4, -0.2) is 14.9 Å². The van der Waals surface area contributed by atoms with Gasteiger partial charge in [-0.25, -0.2) is 4.68 Å². The molecule has 0 aliphatic heterocycles. The first kappa shape index (κ1) is 15.3. The summed E-state index contributed by atoms with van der Waals surface area (Å²) in [6, 6.07) is 18.1. The monoisotopic (exact) mass is 326 g/mol. The van der Waals surface area contributed by atoms with Crippen molar-refractivity contribution < 1.29 is 4.74 Å². The molecule has 2 aromatic carbocycles. The maximum Gasteiger partial charge on any atom is 0.214 e. The second-order valence-corrected chi connectivity index (χ2v) is 5.55. The molecule has 23 heavy (non-hydrogen) atoms. The maximum absolute atomic E-state index is 5.78. The molecule has 0 unspecified atom stereocenters. The standard InChI is InChI=1S/C17H18N4OS/c1-13-19-20-17(23)21(13)18-11-14-7-9-16(10-8-14)22-12-15-5-3-2-4-6-15/h2-10,18H,11-12H2,1H3,(H,20,23). The summed E-state index contributed by atoms with van der Waals surface area (Å²) >= 11 is 5.15. The summed E-state index contributed by atoms with van der Waals surface area (Å²) in [5.41, 5.74) is 5.53. The summed E-state index contributed by atoms with van der Waals surface area (Å²) in [5, 5.41) is 6.81. The summed E-state index contributed by atoms with van der Waals surface area (Å²) in [6.45, 7) is 3.12. The van der Waals surface area contributed by atoms with E-state index in [0.717, 1.165) is 22.7 Å². The van der Waals surface area contributed by atoms with Crippen molar-refractivity contribution in [2.75, 3.05) is 5.43 Å². The molecule has 0 radical (unpaired) electrons. The number of nitrogens with zero attached hydrogens (tertiary/aromatic N) is 2. The van der Waals surface area contributed by atoms with Gasteiger partial charge in [-0.2, -0.15) is 5.10 Å². The molecule has 0 saturated heterocycles. The first-order valence-electron chi connectivity index (χ1n) is 7.36. The van der Waals surface area contributed by atoms with Gasteiger partial charge in [-0.05, 0) is 42.4 Å². The van der Waals surface area contributed by atoms with Crippen LogP contribution in [0.15, 0.2) is 54.6 Å². The van der Waals surface area contributed by atoms with Gasteiger partial charge in [0, 0.05) is 0 Å². The van der Waals surface area contributed by atoms with Gasteiger partial charge in [-0.3, -0.25) is 5.10 Å². The molecular weight excluding hydrogens is 308 g/mol. The summed E-state index contributed by atoms with van der Waals surface area (Å²) in [5.74, 6) is 1.66. The van der Waals surface area contributed by atoms with Crippen LogP contribution in [0.5, 0.6) is 5.75 Å². The number of H-pyrrole nitrogens is 1. The third-order valence-corrected chi connectivity index (χ3v) is 3.73. The molecule has 0 saturated carbocycles. The molecule has 6 heteroatoms. The number of rotatable bonds is 6. The number of hydrogen-bond donors (Lipinski definition) is 2. The average Bonchev–Trinajstić information content (AvgIpc) is 2.91. The summed E-state index contributed by atoms with van der Waals surface area (Å²) < 4.78 is 8.10.